The molecule has 108 valence electrons. The first-order valence-electron chi connectivity index (χ1n) is 6.93. The van der Waals surface area contributed by atoms with Gasteiger partial charge in [0.15, 0.2) is 5.11 Å². The first-order valence-corrected chi connectivity index (χ1v) is 7.34. The highest BCUT2D eigenvalue weighted by atomic mass is 32.1. The van der Waals surface area contributed by atoms with Crippen molar-refractivity contribution in [3.05, 3.63) is 29.3 Å². The van der Waals surface area contributed by atoms with E-state index in [0.29, 0.717) is 11.2 Å². The smallest absolute Gasteiger partial charge is 0.187 e. The zero-order chi connectivity index (χ0) is 14.5. The van der Waals surface area contributed by atoms with Gasteiger partial charge < -0.3 is 10.1 Å². The topological polar surface area (TPSA) is 45.7 Å². The second kappa shape index (κ2) is 6.70. The maximum atomic E-state index is 5.75. The van der Waals surface area contributed by atoms with Gasteiger partial charge in [0.25, 0.3) is 0 Å². The summed E-state index contributed by atoms with van der Waals surface area (Å²) in [6.07, 6.45) is 1.84. The van der Waals surface area contributed by atoms with Crippen LogP contribution in [0.5, 0.6) is 5.75 Å². The average Bonchev–Trinajstić information content (AvgIpc) is 2.57. The number of hydrazone groups is 1. The number of hydrogen-bond acceptors (Lipinski definition) is 3. The lowest BCUT2D eigenvalue weighted by molar-refractivity contribution is 0.318. The summed E-state index contributed by atoms with van der Waals surface area (Å²) in [5.41, 5.74) is 6.18. The summed E-state index contributed by atoms with van der Waals surface area (Å²) in [7, 11) is 0. The van der Waals surface area contributed by atoms with Crippen LogP contribution < -0.4 is 15.5 Å². The highest BCUT2D eigenvalue weighted by Crippen LogP contribution is 2.25. The SMILES string of the molecule is Cc1ccc2c(c1)C(=NNC(=S)NC(C)C)CCCO2. The molecule has 0 bridgehead atoms. The molecule has 0 atom stereocenters. The number of hydrogen-bond donors (Lipinski definition) is 2. The predicted octanol–water partition coefficient (Wildman–Crippen LogP) is 2.74. The number of fused-ring (bicyclic) bond motifs is 1. The van der Waals surface area contributed by atoms with Crippen molar-refractivity contribution < 1.29 is 4.74 Å². The molecular weight excluding hydrogens is 270 g/mol. The Morgan fingerprint density at radius 2 is 2.20 bits per heavy atom. The molecule has 2 rings (SSSR count). The zero-order valence-corrected chi connectivity index (χ0v) is 13.0. The van der Waals surface area contributed by atoms with Gasteiger partial charge in [-0.15, -0.1) is 0 Å². The standard InChI is InChI=1S/C15H21N3OS/c1-10(2)16-15(20)18-17-13-5-4-8-19-14-7-6-11(3)9-12(13)14/h6-7,9-10H,4-5,8H2,1-3H3,(H2,16,18,20). The molecule has 1 aliphatic heterocycles. The van der Waals surface area contributed by atoms with Gasteiger partial charge >= 0.3 is 0 Å². The molecule has 1 heterocycles. The molecule has 0 aliphatic carbocycles. The fourth-order valence-electron chi connectivity index (χ4n) is 2.08. The third kappa shape index (κ3) is 3.93. The molecule has 0 saturated heterocycles. The van der Waals surface area contributed by atoms with Gasteiger partial charge in [0.05, 0.1) is 12.3 Å². The van der Waals surface area contributed by atoms with E-state index in [0.717, 1.165) is 36.5 Å². The Balaban J connectivity index is 2.19. The molecule has 0 fully saturated rings. The molecule has 1 aromatic carbocycles. The van der Waals surface area contributed by atoms with Gasteiger partial charge in [-0.2, -0.15) is 5.10 Å². The Morgan fingerprint density at radius 3 is 2.95 bits per heavy atom. The summed E-state index contributed by atoms with van der Waals surface area (Å²) in [6.45, 7) is 6.88. The fraction of sp³-hybridized carbons (Fsp3) is 0.467. The molecule has 0 spiro atoms. The largest absolute Gasteiger partial charge is 0.493 e. The molecule has 20 heavy (non-hydrogen) atoms. The van der Waals surface area contributed by atoms with E-state index < -0.39 is 0 Å². The Kier molecular flexibility index (Phi) is 4.95. The third-order valence-electron chi connectivity index (χ3n) is 2.97. The minimum Gasteiger partial charge on any atom is -0.493 e. The Morgan fingerprint density at radius 1 is 1.40 bits per heavy atom. The fourth-order valence-corrected chi connectivity index (χ4v) is 2.36. The number of benzene rings is 1. The Labute approximate surface area is 125 Å². The second-order valence-corrected chi connectivity index (χ2v) is 5.66. The van der Waals surface area contributed by atoms with Crippen molar-refractivity contribution in [3.63, 3.8) is 0 Å². The van der Waals surface area contributed by atoms with E-state index in [1.54, 1.807) is 0 Å². The summed E-state index contributed by atoms with van der Waals surface area (Å²) >= 11 is 5.20. The number of nitrogens with zero attached hydrogens (tertiary/aromatic N) is 1. The molecule has 0 unspecified atom stereocenters. The van der Waals surface area contributed by atoms with Crippen molar-refractivity contribution >= 4 is 23.0 Å². The lowest BCUT2D eigenvalue weighted by atomic mass is 10.0. The van der Waals surface area contributed by atoms with Crippen LogP contribution in [0.15, 0.2) is 23.3 Å². The molecule has 0 aromatic heterocycles. The molecule has 1 aromatic rings. The third-order valence-corrected chi connectivity index (χ3v) is 3.18. The molecule has 0 radical (unpaired) electrons. The van der Waals surface area contributed by atoms with Gasteiger partial charge in [-0.25, -0.2) is 0 Å². The Hall–Kier alpha value is -1.62. The van der Waals surface area contributed by atoms with Crippen LogP contribution in [-0.4, -0.2) is 23.5 Å². The van der Waals surface area contributed by atoms with Crippen LogP contribution in [0.3, 0.4) is 0 Å². The van der Waals surface area contributed by atoms with E-state index in [9.17, 15) is 0 Å². The average molecular weight is 291 g/mol. The Bertz CT molecular complexity index is 526. The monoisotopic (exact) mass is 291 g/mol. The lowest BCUT2D eigenvalue weighted by Crippen LogP contribution is -2.37. The lowest BCUT2D eigenvalue weighted by Gasteiger charge is -2.12. The van der Waals surface area contributed by atoms with Crippen molar-refractivity contribution in [1.29, 1.82) is 0 Å². The summed E-state index contributed by atoms with van der Waals surface area (Å²) < 4.78 is 5.75. The summed E-state index contributed by atoms with van der Waals surface area (Å²) in [5, 5.41) is 8.12. The van der Waals surface area contributed by atoms with E-state index in [1.165, 1.54) is 5.56 Å². The van der Waals surface area contributed by atoms with Crippen LogP contribution in [0, 0.1) is 6.92 Å². The van der Waals surface area contributed by atoms with Gasteiger partial charge in [-0.05, 0) is 58.0 Å². The summed E-state index contributed by atoms with van der Waals surface area (Å²) in [6, 6.07) is 6.47. The molecular formula is C15H21N3OS. The first kappa shape index (κ1) is 14.8. The summed E-state index contributed by atoms with van der Waals surface area (Å²) in [5.74, 6) is 0.899. The predicted molar refractivity (Wildman–Crippen MR) is 86.5 cm³/mol. The molecule has 5 heteroatoms. The van der Waals surface area contributed by atoms with E-state index >= 15 is 0 Å². The van der Waals surface area contributed by atoms with Gasteiger partial charge in [0.1, 0.15) is 5.75 Å². The molecule has 2 N–H and O–H groups in total. The van der Waals surface area contributed by atoms with E-state index in [-0.39, 0.29) is 0 Å². The maximum Gasteiger partial charge on any atom is 0.187 e. The molecule has 4 nitrogen and oxygen atoms in total. The maximum absolute atomic E-state index is 5.75. The minimum absolute atomic E-state index is 0.294. The number of rotatable bonds is 2. The number of nitrogens with one attached hydrogen (secondary N) is 2. The van der Waals surface area contributed by atoms with E-state index in [1.807, 2.05) is 19.9 Å². The van der Waals surface area contributed by atoms with Crippen molar-refractivity contribution in [2.45, 2.75) is 39.7 Å². The zero-order valence-electron chi connectivity index (χ0n) is 12.2. The first-order chi connectivity index (χ1) is 9.56. The highest BCUT2D eigenvalue weighted by Gasteiger charge is 2.15. The van der Waals surface area contributed by atoms with Crippen LogP contribution in [-0.2, 0) is 0 Å². The van der Waals surface area contributed by atoms with Crippen molar-refractivity contribution in [1.82, 2.24) is 10.7 Å². The van der Waals surface area contributed by atoms with Gasteiger partial charge in [0, 0.05) is 11.6 Å². The normalized spacial score (nSPS) is 16.3. The highest BCUT2D eigenvalue weighted by molar-refractivity contribution is 7.80. The van der Waals surface area contributed by atoms with Crippen LogP contribution in [0.25, 0.3) is 0 Å². The van der Waals surface area contributed by atoms with E-state index in [2.05, 4.69) is 34.9 Å². The van der Waals surface area contributed by atoms with Crippen LogP contribution in [0.4, 0.5) is 0 Å². The van der Waals surface area contributed by atoms with Crippen molar-refractivity contribution in [2.75, 3.05) is 6.61 Å². The molecule has 1 aliphatic rings. The van der Waals surface area contributed by atoms with Crippen molar-refractivity contribution in [2.24, 2.45) is 5.10 Å². The van der Waals surface area contributed by atoms with Crippen molar-refractivity contribution in [3.8, 4) is 5.75 Å². The second-order valence-electron chi connectivity index (χ2n) is 5.25. The number of aryl methyl sites for hydroxylation is 1. The molecule has 0 saturated carbocycles. The minimum atomic E-state index is 0.294. The quantitative estimate of drug-likeness (QED) is 0.650. The molecule has 0 amide bonds. The van der Waals surface area contributed by atoms with Crippen LogP contribution >= 0.6 is 12.2 Å². The van der Waals surface area contributed by atoms with Crippen LogP contribution in [0.1, 0.15) is 37.8 Å². The van der Waals surface area contributed by atoms with Gasteiger partial charge in [-0.1, -0.05) is 11.6 Å². The van der Waals surface area contributed by atoms with Gasteiger partial charge in [0.2, 0.25) is 0 Å². The van der Waals surface area contributed by atoms with Crippen LogP contribution in [0.2, 0.25) is 0 Å². The number of thiocarbonyl (C=S) groups is 1. The van der Waals surface area contributed by atoms with Gasteiger partial charge in [-0.3, -0.25) is 5.43 Å². The van der Waals surface area contributed by atoms with E-state index in [4.69, 9.17) is 17.0 Å². The number of ether oxygens (including phenoxy) is 1. The summed E-state index contributed by atoms with van der Waals surface area (Å²) in [4.78, 5) is 0.